The average Bonchev–Trinajstić information content (AvgIpc) is 2.23. The van der Waals surface area contributed by atoms with Crippen LogP contribution in [0.4, 0.5) is 18.9 Å². The van der Waals surface area contributed by atoms with Gasteiger partial charge in [0.15, 0.2) is 5.92 Å². The van der Waals surface area contributed by atoms with E-state index in [0.717, 1.165) is 5.56 Å². The van der Waals surface area contributed by atoms with Gasteiger partial charge in [0.1, 0.15) is 0 Å². The van der Waals surface area contributed by atoms with Crippen LogP contribution in [0.25, 0.3) is 0 Å². The zero-order chi connectivity index (χ0) is 13.9. The lowest BCUT2D eigenvalue weighted by Gasteiger charge is -2.25. The number of nitrogens with zero attached hydrogens (tertiary/aromatic N) is 1. The Morgan fingerprint density at radius 3 is 2.50 bits per heavy atom. The number of aryl methyl sites for hydroxylation is 1. The Bertz CT molecular complexity index is 432. The van der Waals surface area contributed by atoms with Gasteiger partial charge in [-0.25, -0.2) is 0 Å². The molecule has 0 aliphatic carbocycles. The molecule has 0 radical (unpaired) electrons. The molecule has 1 rings (SSSR count). The van der Waals surface area contributed by atoms with Gasteiger partial charge in [0.2, 0.25) is 0 Å². The molecule has 1 atom stereocenters. The van der Waals surface area contributed by atoms with Crippen LogP contribution < -0.4 is 4.90 Å². The molecule has 0 spiro atoms. The molecular weight excluding hydrogens is 247 g/mol. The average molecular weight is 261 g/mol. The molecular formula is C12H14F3NO2. The monoisotopic (exact) mass is 261 g/mol. The summed E-state index contributed by atoms with van der Waals surface area (Å²) in [4.78, 5) is 11.9. The molecule has 0 aromatic heterocycles. The molecule has 0 heterocycles. The van der Waals surface area contributed by atoms with E-state index in [4.69, 9.17) is 5.11 Å². The van der Waals surface area contributed by atoms with E-state index < -0.39 is 24.6 Å². The van der Waals surface area contributed by atoms with Crippen molar-refractivity contribution >= 4 is 11.7 Å². The number of alkyl halides is 3. The third kappa shape index (κ3) is 3.65. The summed E-state index contributed by atoms with van der Waals surface area (Å²) in [6, 6.07) is 6.87. The van der Waals surface area contributed by atoms with Gasteiger partial charge in [-0.05, 0) is 24.6 Å². The summed E-state index contributed by atoms with van der Waals surface area (Å²) >= 11 is 0. The summed E-state index contributed by atoms with van der Waals surface area (Å²) in [5.74, 6) is -4.25. The first-order valence-corrected chi connectivity index (χ1v) is 5.29. The Balaban J connectivity index is 2.85. The van der Waals surface area contributed by atoms with Crippen molar-refractivity contribution in [3.8, 4) is 0 Å². The van der Waals surface area contributed by atoms with Gasteiger partial charge < -0.3 is 10.0 Å². The van der Waals surface area contributed by atoms with Gasteiger partial charge in [-0.3, -0.25) is 4.79 Å². The number of hydrogen-bond acceptors (Lipinski definition) is 2. The van der Waals surface area contributed by atoms with Gasteiger partial charge in [0.05, 0.1) is 0 Å². The number of anilines is 1. The van der Waals surface area contributed by atoms with Crippen LogP contribution in [0.3, 0.4) is 0 Å². The second kappa shape index (κ2) is 5.29. The standard InChI is InChI=1S/C12H14F3NO2/c1-8-4-3-5-9(6-8)16(2)7-10(11(17)18)12(13,14)15/h3-6,10H,7H2,1-2H3,(H,17,18). The fraction of sp³-hybridized carbons (Fsp3) is 0.417. The van der Waals surface area contributed by atoms with Gasteiger partial charge in [0.25, 0.3) is 0 Å². The molecule has 1 aromatic rings. The molecule has 0 fully saturated rings. The van der Waals surface area contributed by atoms with Gasteiger partial charge >= 0.3 is 12.1 Å². The van der Waals surface area contributed by atoms with Crippen molar-refractivity contribution in [2.45, 2.75) is 13.1 Å². The van der Waals surface area contributed by atoms with E-state index in [2.05, 4.69) is 0 Å². The summed E-state index contributed by atoms with van der Waals surface area (Å²) in [6.07, 6.45) is -4.75. The number of halogens is 3. The second-order valence-corrected chi connectivity index (χ2v) is 4.15. The van der Waals surface area contributed by atoms with Gasteiger partial charge in [-0.2, -0.15) is 13.2 Å². The number of benzene rings is 1. The van der Waals surface area contributed by atoms with Crippen molar-refractivity contribution in [1.29, 1.82) is 0 Å². The SMILES string of the molecule is Cc1cccc(N(C)CC(C(=O)O)C(F)(F)F)c1. The number of aliphatic carboxylic acids is 1. The Morgan fingerprint density at radius 1 is 1.44 bits per heavy atom. The van der Waals surface area contributed by atoms with Gasteiger partial charge in [-0.1, -0.05) is 12.1 Å². The van der Waals surface area contributed by atoms with Crippen molar-refractivity contribution in [1.82, 2.24) is 0 Å². The van der Waals surface area contributed by atoms with Crippen molar-refractivity contribution in [3.05, 3.63) is 29.8 Å². The highest BCUT2D eigenvalue weighted by molar-refractivity contribution is 5.72. The van der Waals surface area contributed by atoms with Crippen LogP contribution in [-0.2, 0) is 4.79 Å². The minimum atomic E-state index is -4.75. The fourth-order valence-corrected chi connectivity index (χ4v) is 1.57. The topological polar surface area (TPSA) is 40.5 Å². The van der Waals surface area contributed by atoms with Crippen molar-refractivity contribution in [2.24, 2.45) is 5.92 Å². The van der Waals surface area contributed by atoms with Crippen molar-refractivity contribution in [2.75, 3.05) is 18.5 Å². The Kier molecular flexibility index (Phi) is 4.21. The lowest BCUT2D eigenvalue weighted by Crippen LogP contribution is -2.40. The van der Waals surface area contributed by atoms with Crippen LogP contribution >= 0.6 is 0 Å². The number of carboxylic acids is 1. The summed E-state index contributed by atoms with van der Waals surface area (Å²) in [5.41, 5.74) is 1.46. The maximum atomic E-state index is 12.5. The normalized spacial score (nSPS) is 13.2. The highest BCUT2D eigenvalue weighted by Crippen LogP contribution is 2.28. The molecule has 1 aromatic carbocycles. The Morgan fingerprint density at radius 2 is 2.06 bits per heavy atom. The second-order valence-electron chi connectivity index (χ2n) is 4.15. The minimum Gasteiger partial charge on any atom is -0.481 e. The predicted molar refractivity (Wildman–Crippen MR) is 61.6 cm³/mol. The zero-order valence-electron chi connectivity index (χ0n) is 10.0. The lowest BCUT2D eigenvalue weighted by molar-refractivity contribution is -0.191. The molecule has 3 nitrogen and oxygen atoms in total. The Labute approximate surface area is 103 Å². The highest BCUT2D eigenvalue weighted by atomic mass is 19.4. The Hall–Kier alpha value is -1.72. The third-order valence-electron chi connectivity index (χ3n) is 2.59. The van der Waals surface area contributed by atoms with Crippen LogP contribution in [0, 0.1) is 12.8 Å². The zero-order valence-corrected chi connectivity index (χ0v) is 10.0. The minimum absolute atomic E-state index is 0.561. The van der Waals surface area contributed by atoms with Crippen LogP contribution in [-0.4, -0.2) is 30.8 Å². The maximum Gasteiger partial charge on any atom is 0.403 e. The van der Waals surface area contributed by atoms with Gasteiger partial charge in [-0.15, -0.1) is 0 Å². The largest absolute Gasteiger partial charge is 0.481 e. The van der Waals surface area contributed by atoms with E-state index in [9.17, 15) is 18.0 Å². The quantitative estimate of drug-likeness (QED) is 0.905. The van der Waals surface area contributed by atoms with E-state index in [1.807, 2.05) is 13.0 Å². The highest BCUT2D eigenvalue weighted by Gasteiger charge is 2.45. The van der Waals surface area contributed by atoms with E-state index in [0.29, 0.717) is 5.69 Å². The molecule has 0 aliphatic heterocycles. The molecule has 0 aliphatic rings. The van der Waals surface area contributed by atoms with Gasteiger partial charge in [0, 0.05) is 19.3 Å². The molecule has 0 saturated heterocycles. The predicted octanol–water partition coefficient (Wildman–Crippen LogP) is 2.69. The fourth-order valence-electron chi connectivity index (χ4n) is 1.57. The van der Waals surface area contributed by atoms with Crippen LogP contribution in [0.2, 0.25) is 0 Å². The molecule has 0 bridgehead atoms. The molecule has 18 heavy (non-hydrogen) atoms. The molecule has 100 valence electrons. The van der Waals surface area contributed by atoms with Crippen LogP contribution in [0.5, 0.6) is 0 Å². The summed E-state index contributed by atoms with van der Waals surface area (Å²) in [7, 11) is 1.44. The van der Waals surface area contributed by atoms with E-state index in [-0.39, 0.29) is 0 Å². The number of carbonyl (C=O) groups is 1. The summed E-state index contributed by atoms with van der Waals surface area (Å²) < 4.78 is 37.6. The summed E-state index contributed by atoms with van der Waals surface area (Å²) in [5, 5.41) is 8.61. The van der Waals surface area contributed by atoms with E-state index in [1.54, 1.807) is 18.2 Å². The van der Waals surface area contributed by atoms with Crippen molar-refractivity contribution in [3.63, 3.8) is 0 Å². The number of rotatable bonds is 4. The van der Waals surface area contributed by atoms with Crippen molar-refractivity contribution < 1.29 is 23.1 Å². The van der Waals surface area contributed by atoms with E-state index in [1.165, 1.54) is 11.9 Å². The molecule has 1 unspecified atom stereocenters. The third-order valence-corrected chi connectivity index (χ3v) is 2.59. The van der Waals surface area contributed by atoms with E-state index >= 15 is 0 Å². The molecule has 0 amide bonds. The van der Waals surface area contributed by atoms with Crippen LogP contribution in [0.15, 0.2) is 24.3 Å². The molecule has 1 N–H and O–H groups in total. The number of carboxylic acid groups (broad SMARTS) is 1. The first kappa shape index (κ1) is 14.3. The molecule has 0 saturated carbocycles. The number of hydrogen-bond donors (Lipinski definition) is 1. The smallest absolute Gasteiger partial charge is 0.403 e. The first-order chi connectivity index (χ1) is 8.21. The molecule has 6 heteroatoms. The summed E-state index contributed by atoms with van der Waals surface area (Å²) in [6.45, 7) is 1.21. The first-order valence-electron chi connectivity index (χ1n) is 5.29. The van der Waals surface area contributed by atoms with Crippen LogP contribution in [0.1, 0.15) is 5.56 Å². The lowest BCUT2D eigenvalue weighted by atomic mass is 10.1. The maximum absolute atomic E-state index is 12.5.